The van der Waals surface area contributed by atoms with Crippen molar-refractivity contribution < 1.29 is 14.3 Å². The fraction of sp³-hybridized carbons (Fsp3) is 0.231. The summed E-state index contributed by atoms with van der Waals surface area (Å²) in [7, 11) is 0. The van der Waals surface area contributed by atoms with Crippen LogP contribution in [0, 0.1) is 6.92 Å². The van der Waals surface area contributed by atoms with Crippen LogP contribution in [0.4, 0.5) is 0 Å². The van der Waals surface area contributed by atoms with Crippen molar-refractivity contribution in [3.8, 4) is 0 Å². The monoisotopic (exact) mass is 340 g/mol. The second-order valence-corrected chi connectivity index (χ2v) is 4.99. The molecule has 20 heavy (non-hydrogen) atoms. The van der Waals surface area contributed by atoms with E-state index in [9.17, 15) is 14.7 Å². The Morgan fingerprint density at radius 2 is 2.35 bits per heavy atom. The van der Waals surface area contributed by atoms with E-state index < -0.39 is 17.4 Å². The number of aryl methyl sites for hydroxylation is 1. The Hall–Kier alpha value is -1.86. The van der Waals surface area contributed by atoms with Crippen molar-refractivity contribution >= 4 is 21.8 Å². The van der Waals surface area contributed by atoms with Crippen LogP contribution < -0.4 is 10.7 Å². The van der Waals surface area contributed by atoms with Gasteiger partial charge in [-0.25, -0.2) is 0 Å². The van der Waals surface area contributed by atoms with Crippen LogP contribution >= 0.6 is 15.9 Å². The average Bonchev–Trinajstić information content (AvgIpc) is 2.96. The van der Waals surface area contributed by atoms with Crippen LogP contribution in [0.25, 0.3) is 0 Å². The van der Waals surface area contributed by atoms with E-state index in [2.05, 4.69) is 26.2 Å². The van der Waals surface area contributed by atoms with Gasteiger partial charge in [-0.15, -0.1) is 0 Å². The second-order valence-electron chi connectivity index (χ2n) is 4.19. The zero-order chi connectivity index (χ0) is 14.7. The molecule has 0 aliphatic rings. The van der Waals surface area contributed by atoms with Crippen LogP contribution in [0.1, 0.15) is 27.9 Å². The first kappa shape index (κ1) is 14.5. The van der Waals surface area contributed by atoms with E-state index in [0.717, 1.165) is 0 Å². The highest BCUT2D eigenvalue weighted by Gasteiger charge is 2.20. The number of aliphatic hydroxyl groups is 1. The van der Waals surface area contributed by atoms with Gasteiger partial charge in [0, 0.05) is 11.9 Å². The van der Waals surface area contributed by atoms with Crippen molar-refractivity contribution in [2.45, 2.75) is 13.0 Å². The van der Waals surface area contributed by atoms with E-state index in [1.165, 1.54) is 12.5 Å². The zero-order valence-corrected chi connectivity index (χ0v) is 12.2. The molecular weight excluding hydrogens is 328 g/mol. The third kappa shape index (κ3) is 2.83. The Labute approximate surface area is 122 Å². The predicted molar refractivity (Wildman–Crippen MR) is 75.5 cm³/mol. The maximum absolute atomic E-state index is 12.1. The molecule has 0 saturated carbocycles. The lowest BCUT2D eigenvalue weighted by Gasteiger charge is -2.13. The minimum atomic E-state index is -0.697. The lowest BCUT2D eigenvalue weighted by Crippen LogP contribution is -2.34. The van der Waals surface area contributed by atoms with Gasteiger partial charge >= 0.3 is 0 Å². The molecule has 2 aromatic rings. The number of pyridine rings is 1. The minimum Gasteiger partial charge on any atom is -0.467 e. The minimum absolute atomic E-state index is 0.0347. The van der Waals surface area contributed by atoms with Crippen LogP contribution in [-0.2, 0) is 0 Å². The molecule has 7 heteroatoms. The number of aromatic nitrogens is 1. The van der Waals surface area contributed by atoms with E-state index in [1.54, 1.807) is 19.1 Å². The molecule has 0 spiro atoms. The van der Waals surface area contributed by atoms with Gasteiger partial charge in [-0.05, 0) is 35.0 Å². The van der Waals surface area contributed by atoms with E-state index in [0.29, 0.717) is 15.9 Å². The lowest BCUT2D eigenvalue weighted by atomic mass is 10.2. The number of amides is 1. The molecule has 0 saturated heterocycles. The molecule has 0 aromatic carbocycles. The summed E-state index contributed by atoms with van der Waals surface area (Å²) < 4.78 is 5.44. The highest BCUT2D eigenvalue weighted by atomic mass is 79.9. The zero-order valence-electron chi connectivity index (χ0n) is 10.6. The molecule has 3 N–H and O–H groups in total. The summed E-state index contributed by atoms with van der Waals surface area (Å²) >= 11 is 3.13. The highest BCUT2D eigenvalue weighted by molar-refractivity contribution is 9.10. The first-order valence-corrected chi connectivity index (χ1v) is 6.66. The molecule has 1 atom stereocenters. The van der Waals surface area contributed by atoms with Gasteiger partial charge in [0.05, 0.1) is 17.3 Å². The molecule has 0 bridgehead atoms. The van der Waals surface area contributed by atoms with Gasteiger partial charge in [-0.1, -0.05) is 0 Å². The SMILES string of the molecule is Cc1[nH]cc(C(=O)NC(CO)c2ccco2)c(=O)c1Br. The molecule has 0 aliphatic heterocycles. The van der Waals surface area contributed by atoms with E-state index in [1.807, 2.05) is 0 Å². The molecule has 106 valence electrons. The number of hydrogen-bond donors (Lipinski definition) is 3. The van der Waals surface area contributed by atoms with E-state index in [-0.39, 0.29) is 12.2 Å². The van der Waals surface area contributed by atoms with E-state index in [4.69, 9.17) is 4.42 Å². The fourth-order valence-electron chi connectivity index (χ4n) is 1.70. The molecule has 1 unspecified atom stereocenters. The first-order valence-electron chi connectivity index (χ1n) is 5.87. The number of aliphatic hydroxyl groups excluding tert-OH is 1. The third-order valence-electron chi connectivity index (χ3n) is 2.83. The normalized spacial score (nSPS) is 12.2. The van der Waals surface area contributed by atoms with Gasteiger partial charge in [0.15, 0.2) is 0 Å². The Balaban J connectivity index is 2.24. The predicted octanol–water partition coefficient (Wildman–Crippen LogP) is 1.50. The number of carbonyl (C=O) groups excluding carboxylic acids is 1. The van der Waals surface area contributed by atoms with Crippen molar-refractivity contribution in [1.29, 1.82) is 0 Å². The standard InChI is InChI=1S/C13H13BrN2O4/c1-7-11(14)12(18)8(5-15-7)13(19)16-9(6-17)10-3-2-4-20-10/h2-5,9,17H,6H2,1H3,(H,15,18)(H,16,19). The Kier molecular flexibility index (Phi) is 4.41. The van der Waals surface area contributed by atoms with Crippen LogP contribution in [0.2, 0.25) is 0 Å². The summed E-state index contributed by atoms with van der Waals surface area (Å²) in [5.74, 6) is -0.161. The fourth-order valence-corrected chi connectivity index (χ4v) is 2.03. The number of halogens is 1. The molecule has 0 aliphatic carbocycles. The van der Waals surface area contributed by atoms with Crippen molar-refractivity contribution in [3.05, 3.63) is 56.3 Å². The van der Waals surface area contributed by atoms with E-state index >= 15 is 0 Å². The Morgan fingerprint density at radius 3 is 2.95 bits per heavy atom. The van der Waals surface area contributed by atoms with Gasteiger partial charge in [-0.2, -0.15) is 0 Å². The van der Waals surface area contributed by atoms with Gasteiger partial charge in [0.25, 0.3) is 5.91 Å². The number of hydrogen-bond acceptors (Lipinski definition) is 4. The summed E-state index contributed by atoms with van der Waals surface area (Å²) in [5.41, 5.74) is 0.193. The van der Waals surface area contributed by atoms with Crippen LogP contribution in [0.15, 0.2) is 38.3 Å². The average molecular weight is 341 g/mol. The molecule has 2 heterocycles. The van der Waals surface area contributed by atoms with Gasteiger partial charge in [0.2, 0.25) is 5.43 Å². The molecule has 6 nitrogen and oxygen atoms in total. The molecule has 0 radical (unpaired) electrons. The maximum Gasteiger partial charge on any atom is 0.257 e. The quantitative estimate of drug-likeness (QED) is 0.785. The van der Waals surface area contributed by atoms with Crippen molar-refractivity contribution in [3.63, 3.8) is 0 Å². The summed E-state index contributed by atoms with van der Waals surface area (Å²) in [6.45, 7) is 1.39. The van der Waals surface area contributed by atoms with Crippen LogP contribution in [-0.4, -0.2) is 22.6 Å². The Morgan fingerprint density at radius 1 is 1.60 bits per heavy atom. The number of carbonyl (C=O) groups is 1. The number of rotatable bonds is 4. The Bertz CT molecular complexity index is 664. The molecular formula is C13H13BrN2O4. The number of nitrogens with one attached hydrogen (secondary N) is 2. The summed E-state index contributed by atoms with van der Waals surface area (Å²) in [5, 5.41) is 11.8. The maximum atomic E-state index is 12.1. The number of H-pyrrole nitrogens is 1. The lowest BCUT2D eigenvalue weighted by molar-refractivity contribution is 0.0905. The van der Waals surface area contributed by atoms with Crippen molar-refractivity contribution in [2.24, 2.45) is 0 Å². The third-order valence-corrected chi connectivity index (χ3v) is 3.78. The van der Waals surface area contributed by atoms with Crippen molar-refractivity contribution in [2.75, 3.05) is 6.61 Å². The number of furan rings is 1. The molecule has 1 amide bonds. The molecule has 2 aromatic heterocycles. The molecule has 0 fully saturated rings. The number of aromatic amines is 1. The summed E-state index contributed by atoms with van der Waals surface area (Å²) in [6.07, 6.45) is 2.79. The largest absolute Gasteiger partial charge is 0.467 e. The topological polar surface area (TPSA) is 95.3 Å². The van der Waals surface area contributed by atoms with Crippen molar-refractivity contribution in [1.82, 2.24) is 10.3 Å². The van der Waals surface area contributed by atoms with Crippen LogP contribution in [0.3, 0.4) is 0 Å². The van der Waals surface area contributed by atoms with Gasteiger partial charge in [0.1, 0.15) is 17.4 Å². The second kappa shape index (κ2) is 6.06. The smallest absolute Gasteiger partial charge is 0.257 e. The van der Waals surface area contributed by atoms with Gasteiger partial charge in [-0.3, -0.25) is 9.59 Å². The summed E-state index contributed by atoms with van der Waals surface area (Å²) in [6, 6.07) is 2.59. The molecule has 2 rings (SSSR count). The van der Waals surface area contributed by atoms with Crippen LogP contribution in [0.5, 0.6) is 0 Å². The van der Waals surface area contributed by atoms with Gasteiger partial charge < -0.3 is 19.8 Å². The highest BCUT2D eigenvalue weighted by Crippen LogP contribution is 2.14. The first-order chi connectivity index (χ1) is 9.54. The summed E-state index contributed by atoms with van der Waals surface area (Å²) in [4.78, 5) is 26.9.